The van der Waals surface area contributed by atoms with E-state index in [1.54, 1.807) is 6.07 Å². The van der Waals surface area contributed by atoms with Gasteiger partial charge in [-0.3, -0.25) is 18.7 Å². The molecular weight excluding hydrogens is 455 g/mol. The first kappa shape index (κ1) is 25.1. The van der Waals surface area contributed by atoms with Crippen LogP contribution in [-0.2, 0) is 16.6 Å². The van der Waals surface area contributed by atoms with Gasteiger partial charge >= 0.3 is 18.0 Å². The lowest BCUT2D eigenvalue weighted by Crippen LogP contribution is -2.45. The zero-order valence-electron chi connectivity index (χ0n) is 19.4. The van der Waals surface area contributed by atoms with Crippen molar-refractivity contribution in [2.75, 3.05) is 6.61 Å². The van der Waals surface area contributed by atoms with Crippen molar-refractivity contribution in [2.45, 2.75) is 46.5 Å². The summed E-state index contributed by atoms with van der Waals surface area (Å²) in [5, 5.41) is 0. The van der Waals surface area contributed by atoms with Crippen LogP contribution in [0.25, 0.3) is 22.3 Å². The SMILES string of the molecule is CC(=O)OCCC(n1c(=O)c2[nH]c(-c3cccc(OC(F)(F)F)c3)cc2n(C)c1=O)C(C)(C)C. The van der Waals surface area contributed by atoms with Crippen LogP contribution in [-0.4, -0.2) is 33.1 Å². The molecule has 11 heteroatoms. The molecule has 0 fully saturated rings. The summed E-state index contributed by atoms with van der Waals surface area (Å²) in [5.74, 6) is -0.873. The maximum Gasteiger partial charge on any atom is 0.573 e. The van der Waals surface area contributed by atoms with Crippen molar-refractivity contribution < 1.29 is 27.4 Å². The number of nitrogens with zero attached hydrogens (tertiary/aromatic N) is 2. The normalized spacial score (nSPS) is 13.2. The van der Waals surface area contributed by atoms with Gasteiger partial charge in [0.25, 0.3) is 5.56 Å². The summed E-state index contributed by atoms with van der Waals surface area (Å²) in [5.41, 5.74) is -0.535. The van der Waals surface area contributed by atoms with E-state index in [1.165, 1.54) is 42.8 Å². The van der Waals surface area contributed by atoms with E-state index in [-0.39, 0.29) is 18.5 Å². The van der Waals surface area contributed by atoms with Crippen LogP contribution in [0, 0.1) is 5.41 Å². The fourth-order valence-electron chi connectivity index (χ4n) is 3.90. The summed E-state index contributed by atoms with van der Waals surface area (Å²) in [6.07, 6.45) is -4.60. The van der Waals surface area contributed by atoms with E-state index >= 15 is 0 Å². The lowest BCUT2D eigenvalue weighted by Gasteiger charge is -2.31. The molecule has 0 saturated carbocycles. The monoisotopic (exact) mass is 481 g/mol. The summed E-state index contributed by atoms with van der Waals surface area (Å²) in [7, 11) is 1.51. The molecule has 184 valence electrons. The number of esters is 1. The molecule has 3 aromatic rings. The summed E-state index contributed by atoms with van der Waals surface area (Å²) >= 11 is 0. The Labute approximate surface area is 192 Å². The Kier molecular flexibility index (Phi) is 6.68. The van der Waals surface area contributed by atoms with Gasteiger partial charge in [0, 0.05) is 37.7 Å². The molecule has 1 atom stereocenters. The number of aromatic nitrogens is 3. The first-order chi connectivity index (χ1) is 15.7. The van der Waals surface area contributed by atoms with Crippen LogP contribution in [0.5, 0.6) is 5.75 Å². The predicted octanol–water partition coefficient (Wildman–Crippen LogP) is 4.13. The predicted molar refractivity (Wildman–Crippen MR) is 120 cm³/mol. The highest BCUT2D eigenvalue weighted by Gasteiger charge is 2.32. The third-order valence-corrected chi connectivity index (χ3v) is 5.47. The van der Waals surface area contributed by atoms with Gasteiger partial charge < -0.3 is 14.5 Å². The lowest BCUT2D eigenvalue weighted by molar-refractivity contribution is -0.274. The molecule has 0 spiro atoms. The smallest absolute Gasteiger partial charge is 0.466 e. The number of ether oxygens (including phenoxy) is 2. The third kappa shape index (κ3) is 5.35. The zero-order chi connectivity index (χ0) is 25.4. The molecule has 1 aromatic carbocycles. The molecule has 1 unspecified atom stereocenters. The number of hydrogen-bond acceptors (Lipinski definition) is 5. The van der Waals surface area contributed by atoms with Crippen LogP contribution in [0.1, 0.15) is 40.2 Å². The van der Waals surface area contributed by atoms with Crippen LogP contribution < -0.4 is 16.0 Å². The first-order valence-corrected chi connectivity index (χ1v) is 10.5. The number of aromatic amines is 1. The number of halogens is 3. The van der Waals surface area contributed by atoms with E-state index in [4.69, 9.17) is 4.74 Å². The van der Waals surface area contributed by atoms with Gasteiger partial charge in [-0.15, -0.1) is 13.2 Å². The highest BCUT2D eigenvalue weighted by molar-refractivity contribution is 5.82. The van der Waals surface area contributed by atoms with Crippen molar-refractivity contribution >= 4 is 17.0 Å². The van der Waals surface area contributed by atoms with E-state index in [0.29, 0.717) is 16.8 Å². The molecule has 2 heterocycles. The highest BCUT2D eigenvalue weighted by atomic mass is 19.4. The van der Waals surface area contributed by atoms with Gasteiger partial charge in [-0.25, -0.2) is 4.79 Å². The van der Waals surface area contributed by atoms with Gasteiger partial charge in [0.1, 0.15) is 11.3 Å². The average Bonchev–Trinajstić information content (AvgIpc) is 3.15. The summed E-state index contributed by atoms with van der Waals surface area (Å²) < 4.78 is 49.3. The molecule has 8 nitrogen and oxygen atoms in total. The van der Waals surface area contributed by atoms with Gasteiger partial charge in [-0.1, -0.05) is 32.9 Å². The molecule has 1 N–H and O–H groups in total. The molecular formula is C23H26F3N3O5. The van der Waals surface area contributed by atoms with Crippen molar-refractivity contribution in [2.24, 2.45) is 12.5 Å². The standard InChI is InChI=1S/C23H26F3N3O5/c1-13(30)33-10-9-18(22(2,3)4)29-20(31)19-17(28(5)21(29)32)12-16(27-19)14-7-6-8-15(11-14)34-23(24,25)26/h6-8,11-12,18,27H,9-10H2,1-5H3. The van der Waals surface area contributed by atoms with Crippen LogP contribution in [0.3, 0.4) is 0 Å². The van der Waals surface area contributed by atoms with Crippen molar-refractivity contribution in [3.63, 3.8) is 0 Å². The minimum atomic E-state index is -4.84. The first-order valence-electron chi connectivity index (χ1n) is 10.5. The largest absolute Gasteiger partial charge is 0.573 e. The minimum Gasteiger partial charge on any atom is -0.466 e. The Hall–Kier alpha value is -3.50. The average molecular weight is 481 g/mol. The fraction of sp³-hybridized carbons (Fsp3) is 0.435. The summed E-state index contributed by atoms with van der Waals surface area (Å²) in [4.78, 5) is 40.8. The second kappa shape index (κ2) is 9.03. The van der Waals surface area contributed by atoms with E-state index in [1.807, 2.05) is 20.8 Å². The van der Waals surface area contributed by atoms with Gasteiger partial charge in [-0.05, 0) is 23.6 Å². The Morgan fingerprint density at radius 1 is 1.15 bits per heavy atom. The molecule has 0 saturated heterocycles. The molecule has 34 heavy (non-hydrogen) atoms. The number of H-pyrrole nitrogens is 1. The van der Waals surface area contributed by atoms with Crippen molar-refractivity contribution in [1.82, 2.24) is 14.1 Å². The van der Waals surface area contributed by atoms with Crippen LogP contribution in [0.4, 0.5) is 13.2 Å². The van der Waals surface area contributed by atoms with E-state index in [2.05, 4.69) is 9.72 Å². The number of alkyl halides is 3. The highest BCUT2D eigenvalue weighted by Crippen LogP contribution is 2.33. The maximum atomic E-state index is 13.4. The molecule has 0 aliphatic heterocycles. The Morgan fingerprint density at radius 2 is 1.82 bits per heavy atom. The molecule has 0 bridgehead atoms. The van der Waals surface area contributed by atoms with Crippen LogP contribution in [0.15, 0.2) is 39.9 Å². The van der Waals surface area contributed by atoms with Crippen LogP contribution in [0.2, 0.25) is 0 Å². The molecule has 0 aliphatic rings. The second-order valence-electron chi connectivity index (χ2n) is 9.05. The van der Waals surface area contributed by atoms with Gasteiger partial charge in [0.2, 0.25) is 0 Å². The molecule has 0 aliphatic carbocycles. The number of carbonyl (C=O) groups excluding carboxylic acids is 1. The number of rotatable bonds is 6. The number of hydrogen-bond donors (Lipinski definition) is 1. The Balaban J connectivity index is 2.13. The second-order valence-corrected chi connectivity index (χ2v) is 9.05. The molecule has 0 amide bonds. The third-order valence-electron chi connectivity index (χ3n) is 5.47. The molecule has 0 radical (unpaired) electrons. The van der Waals surface area contributed by atoms with Gasteiger partial charge in [-0.2, -0.15) is 0 Å². The number of benzene rings is 1. The van der Waals surface area contributed by atoms with E-state index in [0.717, 1.165) is 4.57 Å². The summed E-state index contributed by atoms with van der Waals surface area (Å²) in [6, 6.07) is 6.24. The van der Waals surface area contributed by atoms with Crippen molar-refractivity contribution in [3.05, 3.63) is 51.2 Å². The van der Waals surface area contributed by atoms with E-state index < -0.39 is 40.8 Å². The zero-order valence-corrected chi connectivity index (χ0v) is 19.4. The Morgan fingerprint density at radius 3 is 2.41 bits per heavy atom. The quantitative estimate of drug-likeness (QED) is 0.534. The minimum absolute atomic E-state index is 0.0346. The Bertz CT molecular complexity index is 1330. The lowest BCUT2D eigenvalue weighted by atomic mass is 9.84. The fourth-order valence-corrected chi connectivity index (χ4v) is 3.90. The number of nitrogens with one attached hydrogen (secondary N) is 1. The topological polar surface area (TPSA) is 95.3 Å². The maximum absolute atomic E-state index is 13.4. The van der Waals surface area contributed by atoms with Gasteiger partial charge in [0.15, 0.2) is 0 Å². The summed E-state index contributed by atoms with van der Waals surface area (Å²) in [6.45, 7) is 6.92. The van der Waals surface area contributed by atoms with Crippen molar-refractivity contribution in [1.29, 1.82) is 0 Å². The number of aryl methyl sites for hydroxylation is 1. The number of carbonyl (C=O) groups is 1. The van der Waals surface area contributed by atoms with Gasteiger partial charge in [0.05, 0.1) is 12.1 Å². The molecule has 2 aromatic heterocycles. The number of fused-ring (bicyclic) bond motifs is 1. The van der Waals surface area contributed by atoms with Crippen LogP contribution >= 0.6 is 0 Å². The van der Waals surface area contributed by atoms with Crippen molar-refractivity contribution in [3.8, 4) is 17.0 Å². The molecule has 3 rings (SSSR count). The van der Waals surface area contributed by atoms with E-state index in [9.17, 15) is 27.6 Å².